The van der Waals surface area contributed by atoms with Crippen molar-refractivity contribution in [2.45, 2.75) is 19.9 Å². The molecular formula is C24H22N2O2. The molecule has 0 atom stereocenters. The zero-order valence-electron chi connectivity index (χ0n) is 15.8. The van der Waals surface area contributed by atoms with E-state index in [4.69, 9.17) is 0 Å². The molecule has 1 aliphatic heterocycles. The molecule has 4 heteroatoms. The minimum absolute atomic E-state index is 0.0424. The van der Waals surface area contributed by atoms with Crippen LogP contribution in [0.1, 0.15) is 37.4 Å². The van der Waals surface area contributed by atoms with E-state index < -0.39 is 0 Å². The summed E-state index contributed by atoms with van der Waals surface area (Å²) in [6.07, 6.45) is 0.845. The average molecular weight is 370 g/mol. The fraction of sp³-hybridized carbons (Fsp3) is 0.167. The van der Waals surface area contributed by atoms with E-state index in [9.17, 15) is 9.59 Å². The second-order valence-corrected chi connectivity index (χ2v) is 7.10. The van der Waals surface area contributed by atoms with Crippen LogP contribution in [0.15, 0.2) is 66.7 Å². The fourth-order valence-corrected chi connectivity index (χ4v) is 3.59. The van der Waals surface area contributed by atoms with E-state index in [2.05, 4.69) is 16.7 Å². The van der Waals surface area contributed by atoms with Gasteiger partial charge < -0.3 is 10.6 Å². The molecule has 0 radical (unpaired) electrons. The summed E-state index contributed by atoms with van der Waals surface area (Å²) in [7, 11) is 0. The molecule has 0 unspecified atom stereocenters. The largest absolute Gasteiger partial charge is 0.352 e. The lowest BCUT2D eigenvalue weighted by Crippen LogP contribution is -2.32. The number of aryl methyl sites for hydroxylation is 1. The van der Waals surface area contributed by atoms with Gasteiger partial charge in [0.25, 0.3) is 11.8 Å². The highest BCUT2D eigenvalue weighted by Crippen LogP contribution is 2.24. The van der Waals surface area contributed by atoms with E-state index in [0.29, 0.717) is 24.2 Å². The summed E-state index contributed by atoms with van der Waals surface area (Å²) < 4.78 is 0. The Labute approximate surface area is 164 Å². The van der Waals surface area contributed by atoms with E-state index in [0.717, 1.165) is 34.2 Å². The number of nitrogens with one attached hydrogen (secondary N) is 2. The third-order valence-corrected chi connectivity index (χ3v) is 5.05. The van der Waals surface area contributed by atoms with Gasteiger partial charge in [-0.2, -0.15) is 0 Å². The van der Waals surface area contributed by atoms with E-state index in [1.54, 1.807) is 0 Å². The molecule has 2 N–H and O–H groups in total. The number of fused-ring (bicyclic) bond motifs is 1. The third kappa shape index (κ3) is 3.67. The first-order valence-electron chi connectivity index (χ1n) is 9.46. The van der Waals surface area contributed by atoms with Crippen molar-refractivity contribution in [1.29, 1.82) is 0 Å². The van der Waals surface area contributed by atoms with Crippen LogP contribution in [-0.4, -0.2) is 18.4 Å². The maximum atomic E-state index is 12.9. The van der Waals surface area contributed by atoms with Crippen molar-refractivity contribution in [2.24, 2.45) is 0 Å². The number of carbonyl (C=O) groups excluding carboxylic acids is 2. The Morgan fingerprint density at radius 2 is 1.86 bits per heavy atom. The third-order valence-electron chi connectivity index (χ3n) is 5.05. The summed E-state index contributed by atoms with van der Waals surface area (Å²) in [6, 6.07) is 21.6. The molecule has 28 heavy (non-hydrogen) atoms. The van der Waals surface area contributed by atoms with E-state index in [1.807, 2.05) is 67.6 Å². The van der Waals surface area contributed by atoms with Gasteiger partial charge in [0.2, 0.25) is 0 Å². The number of rotatable bonds is 4. The fourth-order valence-electron chi connectivity index (χ4n) is 3.59. The van der Waals surface area contributed by atoms with Gasteiger partial charge in [0.1, 0.15) is 0 Å². The molecule has 140 valence electrons. The van der Waals surface area contributed by atoms with E-state index in [-0.39, 0.29) is 11.8 Å². The van der Waals surface area contributed by atoms with Crippen LogP contribution in [0.25, 0.3) is 11.1 Å². The number of hydrogen-bond acceptors (Lipinski definition) is 2. The molecule has 4 nitrogen and oxygen atoms in total. The lowest BCUT2D eigenvalue weighted by atomic mass is 9.97. The molecule has 1 aliphatic rings. The summed E-state index contributed by atoms with van der Waals surface area (Å²) in [4.78, 5) is 24.9. The quantitative estimate of drug-likeness (QED) is 0.732. The van der Waals surface area contributed by atoms with Crippen LogP contribution in [0.5, 0.6) is 0 Å². The first-order chi connectivity index (χ1) is 13.6. The molecule has 0 aliphatic carbocycles. The van der Waals surface area contributed by atoms with Crippen LogP contribution < -0.4 is 10.6 Å². The molecule has 0 aromatic heterocycles. The monoisotopic (exact) mass is 370 g/mol. The standard InChI is InChI=1S/C24H22N2O2/c1-16-5-4-6-19(13-16)20-7-2-3-8-21(20)23(27)26-15-17-9-10-18-11-12-25-24(28)22(18)14-17/h2-10,13-14H,11-12,15H2,1H3,(H,25,28)(H,26,27). The number of amides is 2. The molecule has 4 rings (SSSR count). The van der Waals surface area contributed by atoms with Crippen molar-refractivity contribution in [3.63, 3.8) is 0 Å². The van der Waals surface area contributed by atoms with E-state index in [1.165, 1.54) is 0 Å². The predicted molar refractivity (Wildman–Crippen MR) is 110 cm³/mol. The molecule has 0 saturated heterocycles. The van der Waals surface area contributed by atoms with Crippen molar-refractivity contribution < 1.29 is 9.59 Å². The molecule has 0 saturated carbocycles. The Balaban J connectivity index is 1.54. The van der Waals surface area contributed by atoms with Crippen molar-refractivity contribution >= 4 is 11.8 Å². The van der Waals surface area contributed by atoms with Gasteiger partial charge in [0.05, 0.1) is 0 Å². The number of benzene rings is 3. The van der Waals surface area contributed by atoms with Crippen molar-refractivity contribution in [3.05, 3.63) is 94.5 Å². The van der Waals surface area contributed by atoms with Gasteiger partial charge in [-0.15, -0.1) is 0 Å². The molecule has 2 amide bonds. The zero-order valence-corrected chi connectivity index (χ0v) is 15.8. The van der Waals surface area contributed by atoms with Crippen LogP contribution in [0.3, 0.4) is 0 Å². The molecule has 0 fully saturated rings. The van der Waals surface area contributed by atoms with Crippen LogP contribution in [0.4, 0.5) is 0 Å². The highest BCUT2D eigenvalue weighted by atomic mass is 16.2. The first-order valence-corrected chi connectivity index (χ1v) is 9.46. The summed E-state index contributed by atoms with van der Waals surface area (Å²) in [5.74, 6) is -0.168. The molecule has 3 aromatic rings. The van der Waals surface area contributed by atoms with Gasteiger partial charge in [-0.05, 0) is 47.7 Å². The maximum absolute atomic E-state index is 12.9. The Bertz CT molecular complexity index is 1060. The van der Waals surface area contributed by atoms with Gasteiger partial charge >= 0.3 is 0 Å². The van der Waals surface area contributed by atoms with Crippen molar-refractivity contribution in [1.82, 2.24) is 10.6 Å². The summed E-state index contributed by atoms with van der Waals surface area (Å²) >= 11 is 0. The van der Waals surface area contributed by atoms with E-state index >= 15 is 0 Å². The lowest BCUT2D eigenvalue weighted by Gasteiger charge is -2.17. The summed E-state index contributed by atoms with van der Waals surface area (Å²) in [5, 5.41) is 5.85. The Kier molecular flexibility index (Phi) is 4.94. The van der Waals surface area contributed by atoms with Crippen LogP contribution in [-0.2, 0) is 13.0 Å². The van der Waals surface area contributed by atoms with Crippen LogP contribution in [0, 0.1) is 6.92 Å². The Morgan fingerprint density at radius 1 is 1.00 bits per heavy atom. The lowest BCUT2D eigenvalue weighted by molar-refractivity contribution is 0.0942. The highest BCUT2D eigenvalue weighted by Gasteiger charge is 2.17. The maximum Gasteiger partial charge on any atom is 0.252 e. The average Bonchev–Trinajstić information content (AvgIpc) is 2.72. The topological polar surface area (TPSA) is 58.2 Å². The molecule has 3 aromatic carbocycles. The highest BCUT2D eigenvalue weighted by molar-refractivity contribution is 6.01. The first kappa shape index (κ1) is 18.0. The molecular weight excluding hydrogens is 348 g/mol. The van der Waals surface area contributed by atoms with Crippen LogP contribution in [0.2, 0.25) is 0 Å². The minimum Gasteiger partial charge on any atom is -0.352 e. The van der Waals surface area contributed by atoms with Gasteiger partial charge in [0.15, 0.2) is 0 Å². The van der Waals surface area contributed by atoms with Gasteiger partial charge in [-0.3, -0.25) is 9.59 Å². The second-order valence-electron chi connectivity index (χ2n) is 7.10. The smallest absolute Gasteiger partial charge is 0.252 e. The van der Waals surface area contributed by atoms with Crippen molar-refractivity contribution in [2.75, 3.05) is 6.54 Å². The Hall–Kier alpha value is -3.40. The number of carbonyl (C=O) groups is 2. The van der Waals surface area contributed by atoms with Crippen molar-refractivity contribution in [3.8, 4) is 11.1 Å². The zero-order chi connectivity index (χ0) is 19.5. The van der Waals surface area contributed by atoms with Gasteiger partial charge in [0, 0.05) is 24.2 Å². The van der Waals surface area contributed by atoms with Gasteiger partial charge in [-0.25, -0.2) is 0 Å². The number of hydrogen-bond donors (Lipinski definition) is 2. The predicted octanol–water partition coefficient (Wildman–Crippen LogP) is 3.88. The molecule has 0 spiro atoms. The summed E-state index contributed by atoms with van der Waals surface area (Å²) in [6.45, 7) is 3.09. The van der Waals surface area contributed by atoms with Crippen LogP contribution >= 0.6 is 0 Å². The second kappa shape index (κ2) is 7.69. The van der Waals surface area contributed by atoms with Gasteiger partial charge in [-0.1, -0.05) is 60.2 Å². The minimum atomic E-state index is -0.126. The Morgan fingerprint density at radius 3 is 2.71 bits per heavy atom. The normalized spacial score (nSPS) is 12.8. The molecule has 0 bridgehead atoms. The SMILES string of the molecule is Cc1cccc(-c2ccccc2C(=O)NCc2ccc3c(c2)C(=O)NCC3)c1. The molecule has 1 heterocycles. The summed E-state index contributed by atoms with van der Waals surface area (Å²) in [5.41, 5.74) is 6.41.